The number of nitrogens with one attached hydrogen (secondary N) is 1. The fourth-order valence-corrected chi connectivity index (χ4v) is 8.86. The van der Waals surface area contributed by atoms with Gasteiger partial charge in [-0.1, -0.05) is 67.2 Å². The summed E-state index contributed by atoms with van der Waals surface area (Å²) >= 11 is 0. The molecule has 1 heterocycles. The van der Waals surface area contributed by atoms with Crippen LogP contribution in [0.2, 0.25) is 13.1 Å². The van der Waals surface area contributed by atoms with Crippen LogP contribution in [0.15, 0.2) is 66.9 Å². The molecule has 0 spiro atoms. The van der Waals surface area contributed by atoms with Crippen LogP contribution in [-0.4, -0.2) is 13.1 Å². The molecule has 0 radical (unpaired) electrons. The van der Waals surface area contributed by atoms with Crippen LogP contribution in [0, 0.1) is 6.92 Å². The van der Waals surface area contributed by atoms with Crippen LogP contribution in [0.25, 0.3) is 27.8 Å². The van der Waals surface area contributed by atoms with Gasteiger partial charge < -0.3 is 4.98 Å². The second-order valence-electron chi connectivity index (χ2n) is 8.09. The highest BCUT2D eigenvalue weighted by atomic mass is 28.3. The molecule has 3 aromatic carbocycles. The molecule has 0 saturated heterocycles. The molecule has 5 rings (SSSR count). The van der Waals surface area contributed by atoms with Gasteiger partial charge in [0.05, 0.1) is 8.07 Å². The number of aryl methyl sites for hydroxylation is 1. The van der Waals surface area contributed by atoms with Crippen molar-refractivity contribution in [1.29, 1.82) is 0 Å². The number of benzene rings is 2. The first-order valence-corrected chi connectivity index (χ1v) is 12.4. The van der Waals surface area contributed by atoms with Crippen molar-refractivity contribution in [2.45, 2.75) is 25.6 Å². The summed E-state index contributed by atoms with van der Waals surface area (Å²) < 4.78 is 0. The highest BCUT2D eigenvalue weighted by Crippen LogP contribution is 2.38. The number of H-pyrrole nitrogens is 1. The van der Waals surface area contributed by atoms with Crippen LogP contribution >= 0.6 is 0 Å². The summed E-state index contributed by atoms with van der Waals surface area (Å²) in [5, 5.41) is 5.70. The lowest BCUT2D eigenvalue weighted by atomic mass is 10.1. The molecule has 1 N–H and O–H groups in total. The van der Waals surface area contributed by atoms with Gasteiger partial charge in [-0.2, -0.15) is 0 Å². The van der Waals surface area contributed by atoms with Gasteiger partial charge in [0.1, 0.15) is 0 Å². The van der Waals surface area contributed by atoms with Crippen molar-refractivity contribution in [1.82, 2.24) is 4.98 Å². The van der Waals surface area contributed by atoms with Gasteiger partial charge in [0, 0.05) is 17.3 Å². The number of hydrogen-bond donors (Lipinski definition) is 1. The molecule has 0 amide bonds. The first-order chi connectivity index (χ1) is 12.6. The van der Waals surface area contributed by atoms with E-state index in [0.29, 0.717) is 5.54 Å². The molecule has 2 heteroatoms. The van der Waals surface area contributed by atoms with Crippen molar-refractivity contribution >= 4 is 41.0 Å². The number of aromatic amines is 1. The first kappa shape index (κ1) is 15.7. The van der Waals surface area contributed by atoms with Gasteiger partial charge in [-0.05, 0) is 57.6 Å². The van der Waals surface area contributed by atoms with Gasteiger partial charge in [-0.3, -0.25) is 0 Å². The van der Waals surface area contributed by atoms with Crippen molar-refractivity contribution in [2.75, 3.05) is 0 Å². The molecule has 1 aliphatic carbocycles. The van der Waals surface area contributed by atoms with Crippen molar-refractivity contribution in [3.8, 4) is 0 Å². The highest BCUT2D eigenvalue weighted by Gasteiger charge is 2.38. The second kappa shape index (κ2) is 5.45. The third-order valence-corrected chi connectivity index (χ3v) is 10.1. The lowest BCUT2D eigenvalue weighted by Crippen LogP contribution is -2.47. The van der Waals surface area contributed by atoms with E-state index in [1.165, 1.54) is 38.4 Å². The van der Waals surface area contributed by atoms with E-state index < -0.39 is 8.07 Å². The molecule has 0 bridgehead atoms. The number of pyridine rings is 1. The van der Waals surface area contributed by atoms with Crippen molar-refractivity contribution in [2.24, 2.45) is 0 Å². The van der Waals surface area contributed by atoms with E-state index in [-0.39, 0.29) is 0 Å². The van der Waals surface area contributed by atoms with Crippen LogP contribution in [0.4, 0.5) is 0 Å². The van der Waals surface area contributed by atoms with Crippen molar-refractivity contribution in [3.05, 3.63) is 83.6 Å². The number of fused-ring (bicyclic) bond motifs is 3. The molecule has 0 fully saturated rings. The molecule has 1 aromatic heterocycles. The number of rotatable bonds is 2. The maximum absolute atomic E-state index is 3.42. The van der Waals surface area contributed by atoms with Crippen LogP contribution in [0.1, 0.15) is 22.2 Å². The van der Waals surface area contributed by atoms with Gasteiger partial charge in [-0.15, -0.1) is 0 Å². The lowest BCUT2D eigenvalue weighted by molar-refractivity contribution is 1.17. The highest BCUT2D eigenvalue weighted by molar-refractivity contribution is 6.93. The Kier molecular flexibility index (Phi) is 3.28. The van der Waals surface area contributed by atoms with Gasteiger partial charge in [0.2, 0.25) is 0 Å². The van der Waals surface area contributed by atoms with Crippen molar-refractivity contribution in [3.63, 3.8) is 0 Å². The van der Waals surface area contributed by atoms with E-state index in [2.05, 4.69) is 91.8 Å². The molecule has 1 nitrogen and oxygen atoms in total. The molecule has 1 unspecified atom stereocenters. The zero-order valence-corrected chi connectivity index (χ0v) is 16.5. The molecule has 1 atom stereocenters. The van der Waals surface area contributed by atoms with Crippen molar-refractivity contribution < 1.29 is 0 Å². The molecule has 4 aromatic rings. The fraction of sp³-hybridized carbons (Fsp3) is 0.167. The maximum Gasteiger partial charge on any atom is 0.0931 e. The normalized spacial score (nSPS) is 16.5. The zero-order chi connectivity index (χ0) is 17.9. The Bertz CT molecular complexity index is 1180. The quantitative estimate of drug-likeness (QED) is 0.432. The van der Waals surface area contributed by atoms with E-state index >= 15 is 0 Å². The summed E-state index contributed by atoms with van der Waals surface area (Å²) in [7, 11) is -1.74. The van der Waals surface area contributed by atoms with Crippen LogP contribution in [0.3, 0.4) is 0 Å². The summed E-state index contributed by atoms with van der Waals surface area (Å²) in [6.07, 6.45) is 6.78. The lowest BCUT2D eigenvalue weighted by Gasteiger charge is -2.31. The average Bonchev–Trinajstić information content (AvgIpc) is 3.20. The van der Waals surface area contributed by atoms with Gasteiger partial charge in [0.15, 0.2) is 0 Å². The predicted octanol–water partition coefficient (Wildman–Crippen LogP) is 5.89. The van der Waals surface area contributed by atoms with E-state index in [1.54, 1.807) is 5.19 Å². The number of allylic oxidation sites excluding steroid dienone is 1. The maximum atomic E-state index is 3.42. The van der Waals surface area contributed by atoms with Crippen LogP contribution < -0.4 is 5.19 Å². The van der Waals surface area contributed by atoms with Gasteiger partial charge in [0.25, 0.3) is 0 Å². The van der Waals surface area contributed by atoms with Gasteiger partial charge >= 0.3 is 0 Å². The monoisotopic (exact) mass is 353 g/mol. The molecular formula is C24H23NSi. The van der Waals surface area contributed by atoms with Crippen LogP contribution in [-0.2, 0) is 0 Å². The average molecular weight is 354 g/mol. The Balaban J connectivity index is 1.74. The zero-order valence-electron chi connectivity index (χ0n) is 15.5. The fourth-order valence-electron chi connectivity index (χ4n) is 4.93. The first-order valence-electron chi connectivity index (χ1n) is 9.34. The van der Waals surface area contributed by atoms with E-state index in [1.807, 2.05) is 6.20 Å². The third kappa shape index (κ3) is 2.15. The Morgan fingerprint density at radius 2 is 1.77 bits per heavy atom. The van der Waals surface area contributed by atoms with E-state index in [4.69, 9.17) is 0 Å². The Morgan fingerprint density at radius 3 is 2.65 bits per heavy atom. The topological polar surface area (TPSA) is 15.8 Å². The smallest absolute Gasteiger partial charge is 0.0931 e. The largest absolute Gasteiger partial charge is 0.361 e. The predicted molar refractivity (Wildman–Crippen MR) is 116 cm³/mol. The molecule has 1 aliphatic rings. The summed E-state index contributed by atoms with van der Waals surface area (Å²) in [6.45, 7) is 7.36. The van der Waals surface area contributed by atoms with E-state index in [0.717, 1.165) is 0 Å². The minimum atomic E-state index is -1.74. The molecular weight excluding hydrogens is 330 g/mol. The minimum absolute atomic E-state index is 0.540. The molecule has 128 valence electrons. The standard InChI is InChI=1S/C24H23NSi/c1-16-13-19-14-18-8-6-12-25-22(18)15-21(19)24(16)26(2,3)23-11-10-17-7-4-5-9-20(17)23/h4-15,23,25H,1-3H3. The summed E-state index contributed by atoms with van der Waals surface area (Å²) in [6, 6.07) is 20.2. The molecule has 0 saturated carbocycles. The van der Waals surface area contributed by atoms with E-state index in [9.17, 15) is 0 Å². The summed E-state index contributed by atoms with van der Waals surface area (Å²) in [5.41, 5.74) is 6.11. The summed E-state index contributed by atoms with van der Waals surface area (Å²) in [4.78, 5) is 3.42. The second-order valence-corrected chi connectivity index (χ2v) is 12.7. The number of aromatic nitrogens is 1. The Morgan fingerprint density at radius 1 is 0.923 bits per heavy atom. The SMILES string of the molecule is Cc1cc2cc3ccc[nH]c3cc2c1[Si](C)(C)C1C=Cc2ccccc21. The molecule has 0 aliphatic heterocycles. The Hall–Kier alpha value is -2.58. The summed E-state index contributed by atoms with van der Waals surface area (Å²) in [5.74, 6) is 0. The molecule has 26 heavy (non-hydrogen) atoms. The van der Waals surface area contributed by atoms with Crippen LogP contribution in [0.5, 0.6) is 0 Å². The Labute approximate surface area is 155 Å². The minimum Gasteiger partial charge on any atom is -0.361 e. The third-order valence-electron chi connectivity index (χ3n) is 6.09. The van der Waals surface area contributed by atoms with Gasteiger partial charge in [-0.25, -0.2) is 0 Å². The number of hydrogen-bond acceptors (Lipinski definition) is 0.